The highest BCUT2D eigenvalue weighted by Gasteiger charge is 2.40. The number of benzene rings is 2. The molecule has 1 saturated heterocycles. The molecular weight excluding hydrogens is 504 g/mol. The third-order valence-corrected chi connectivity index (χ3v) is 7.14. The molecule has 0 N–H and O–H groups in total. The topological polar surface area (TPSA) is 84.7 Å². The third-order valence-electron chi connectivity index (χ3n) is 7.14. The van der Waals surface area contributed by atoms with E-state index in [1.165, 1.54) is 12.0 Å². The van der Waals surface area contributed by atoms with Crippen molar-refractivity contribution in [1.29, 1.82) is 0 Å². The van der Waals surface area contributed by atoms with Gasteiger partial charge >= 0.3 is 12.0 Å². The van der Waals surface area contributed by atoms with Gasteiger partial charge < -0.3 is 9.30 Å². The fourth-order valence-electron chi connectivity index (χ4n) is 4.79. The van der Waals surface area contributed by atoms with Crippen molar-refractivity contribution in [2.24, 2.45) is 0 Å². The predicted molar refractivity (Wildman–Crippen MR) is 155 cm³/mol. The lowest BCUT2D eigenvalue weighted by atomic mass is 10.1. The number of imidazole rings is 1. The average Bonchev–Trinajstić information content (AvgIpc) is 3.46. The fraction of sp³-hybridized carbons (Fsp3) is 0.375. The number of imide groups is 1. The second kappa shape index (κ2) is 13.7. The molecule has 1 fully saturated rings. The van der Waals surface area contributed by atoms with Crippen LogP contribution in [0.15, 0.2) is 66.5 Å². The summed E-state index contributed by atoms with van der Waals surface area (Å²) in [7, 11) is 1.36. The van der Waals surface area contributed by atoms with Crippen molar-refractivity contribution in [3.63, 3.8) is 0 Å². The van der Waals surface area contributed by atoms with Crippen LogP contribution in [-0.2, 0) is 28.9 Å². The van der Waals surface area contributed by atoms with E-state index in [2.05, 4.69) is 11.5 Å². The smallest absolute Gasteiger partial charge is 0.337 e. The largest absolute Gasteiger partial charge is 0.465 e. The molecule has 1 aromatic heterocycles. The molecule has 4 rings (SSSR count). The van der Waals surface area contributed by atoms with E-state index in [0.717, 1.165) is 54.7 Å². The van der Waals surface area contributed by atoms with E-state index < -0.39 is 0 Å². The van der Waals surface area contributed by atoms with E-state index >= 15 is 0 Å². The van der Waals surface area contributed by atoms with Gasteiger partial charge in [0.15, 0.2) is 0 Å². The van der Waals surface area contributed by atoms with E-state index in [9.17, 15) is 14.4 Å². The van der Waals surface area contributed by atoms with Crippen molar-refractivity contribution >= 4 is 24.0 Å². The number of ether oxygens (including phenoxy) is 1. The molecule has 0 spiro atoms. The Bertz CT molecular complexity index is 1340. The van der Waals surface area contributed by atoms with E-state index in [1.54, 1.807) is 23.2 Å². The molecule has 1 aliphatic heterocycles. The molecule has 3 aromatic rings. The highest BCUT2D eigenvalue weighted by Crippen LogP contribution is 2.26. The highest BCUT2D eigenvalue weighted by atomic mass is 16.5. The molecule has 8 heteroatoms. The molecule has 0 saturated carbocycles. The summed E-state index contributed by atoms with van der Waals surface area (Å²) in [6.45, 7) is 5.52. The zero-order chi connectivity index (χ0) is 28.5. The Morgan fingerprint density at radius 2 is 1.60 bits per heavy atom. The number of urea groups is 1. The minimum Gasteiger partial charge on any atom is -0.465 e. The predicted octanol–water partition coefficient (Wildman–Crippen LogP) is 5.71. The van der Waals surface area contributed by atoms with Crippen molar-refractivity contribution in [2.75, 3.05) is 20.2 Å². The zero-order valence-electron chi connectivity index (χ0n) is 23.6. The van der Waals surface area contributed by atoms with Gasteiger partial charge in [-0.25, -0.2) is 14.6 Å². The quantitative estimate of drug-likeness (QED) is 0.157. The van der Waals surface area contributed by atoms with Crippen LogP contribution in [0.1, 0.15) is 72.5 Å². The third kappa shape index (κ3) is 6.68. The van der Waals surface area contributed by atoms with E-state index in [4.69, 9.17) is 9.72 Å². The molecule has 0 atom stereocenters. The van der Waals surface area contributed by atoms with Gasteiger partial charge in [0.2, 0.25) is 0 Å². The van der Waals surface area contributed by atoms with Crippen LogP contribution in [0.5, 0.6) is 0 Å². The van der Waals surface area contributed by atoms with Gasteiger partial charge in [0.1, 0.15) is 11.5 Å². The average molecular weight is 543 g/mol. The molecule has 2 heterocycles. The minimum atomic E-state index is -0.379. The highest BCUT2D eigenvalue weighted by molar-refractivity contribution is 6.13. The number of aryl methyl sites for hydroxylation is 1. The molecule has 0 aliphatic carbocycles. The van der Waals surface area contributed by atoms with E-state index in [1.807, 2.05) is 55.5 Å². The van der Waals surface area contributed by atoms with Gasteiger partial charge in [0.25, 0.3) is 5.91 Å². The lowest BCUT2D eigenvalue weighted by molar-refractivity contribution is -0.123. The summed E-state index contributed by atoms with van der Waals surface area (Å²) in [5, 5.41) is 0. The van der Waals surface area contributed by atoms with Gasteiger partial charge in [-0.05, 0) is 48.6 Å². The summed E-state index contributed by atoms with van der Waals surface area (Å²) in [6.07, 6.45) is 8.70. The number of carbonyl (C=O) groups excluding carboxylic acids is 3. The number of esters is 1. The monoisotopic (exact) mass is 542 g/mol. The Morgan fingerprint density at radius 1 is 0.875 bits per heavy atom. The van der Waals surface area contributed by atoms with Gasteiger partial charge in [0.05, 0.1) is 24.6 Å². The molecule has 8 nitrogen and oxygen atoms in total. The van der Waals surface area contributed by atoms with Crippen LogP contribution in [0.3, 0.4) is 0 Å². The SMILES string of the molecule is CCCCc1ncc(/C=C2/C(=O)N(CCCC)C(=O)N2CCc2ccccc2)n1Cc1ccc(C(=O)OC)cc1. The number of hydrogen-bond donors (Lipinski definition) is 0. The first-order valence-electron chi connectivity index (χ1n) is 14.1. The van der Waals surface area contributed by atoms with Crippen molar-refractivity contribution in [3.8, 4) is 0 Å². The number of methoxy groups -OCH3 is 1. The number of carbonyl (C=O) groups is 3. The summed E-state index contributed by atoms with van der Waals surface area (Å²) in [5.41, 5.74) is 3.73. The number of unbranched alkanes of at least 4 members (excludes halogenated alkanes) is 2. The Kier molecular flexibility index (Phi) is 9.89. The van der Waals surface area contributed by atoms with Gasteiger partial charge in [0, 0.05) is 26.1 Å². The van der Waals surface area contributed by atoms with Crippen LogP contribution < -0.4 is 0 Å². The summed E-state index contributed by atoms with van der Waals surface area (Å²) in [4.78, 5) is 46.5. The second-order valence-corrected chi connectivity index (χ2v) is 9.99. The normalized spacial score (nSPS) is 14.4. The molecule has 2 aromatic carbocycles. The first-order valence-corrected chi connectivity index (χ1v) is 14.1. The Hall–Kier alpha value is -4.20. The summed E-state index contributed by atoms with van der Waals surface area (Å²) >= 11 is 0. The Balaban J connectivity index is 1.68. The van der Waals surface area contributed by atoms with Crippen LogP contribution in [0.4, 0.5) is 4.79 Å². The number of rotatable bonds is 13. The first kappa shape index (κ1) is 28.8. The number of aromatic nitrogens is 2. The van der Waals surface area contributed by atoms with Crippen LogP contribution in [0.25, 0.3) is 6.08 Å². The van der Waals surface area contributed by atoms with Crippen molar-refractivity contribution < 1.29 is 19.1 Å². The van der Waals surface area contributed by atoms with Gasteiger partial charge in [-0.1, -0.05) is 69.2 Å². The van der Waals surface area contributed by atoms with Gasteiger partial charge in [-0.15, -0.1) is 0 Å². The maximum atomic E-state index is 13.5. The zero-order valence-corrected chi connectivity index (χ0v) is 23.6. The van der Waals surface area contributed by atoms with Crippen LogP contribution in [-0.4, -0.2) is 57.5 Å². The van der Waals surface area contributed by atoms with Crippen molar-refractivity contribution in [1.82, 2.24) is 19.4 Å². The van der Waals surface area contributed by atoms with Crippen molar-refractivity contribution in [3.05, 3.63) is 94.7 Å². The number of hydrogen-bond acceptors (Lipinski definition) is 5. The molecule has 210 valence electrons. The lowest BCUT2D eigenvalue weighted by Gasteiger charge is -2.17. The van der Waals surface area contributed by atoms with Crippen LogP contribution in [0.2, 0.25) is 0 Å². The Labute approximate surface area is 236 Å². The molecule has 1 aliphatic rings. The maximum Gasteiger partial charge on any atom is 0.337 e. The standard InChI is InChI=1S/C32H38N4O4/c1-4-6-13-29-33-22-27(36(29)23-25-14-16-26(17-15-25)31(38)40-3)21-28-30(37)35(19-7-5-2)32(39)34(28)20-18-24-11-9-8-10-12-24/h8-12,14-17,21-22H,4-7,13,18-20,23H2,1-3H3/b28-21-. The molecule has 0 bridgehead atoms. The summed E-state index contributed by atoms with van der Waals surface area (Å²) in [5.74, 6) is 0.272. The van der Waals surface area contributed by atoms with E-state index in [-0.39, 0.29) is 17.9 Å². The summed E-state index contributed by atoms with van der Waals surface area (Å²) < 4.78 is 6.91. The first-order chi connectivity index (χ1) is 19.5. The summed E-state index contributed by atoms with van der Waals surface area (Å²) in [6, 6.07) is 17.0. The Morgan fingerprint density at radius 3 is 2.27 bits per heavy atom. The maximum absolute atomic E-state index is 13.5. The van der Waals surface area contributed by atoms with Gasteiger partial charge in [-0.2, -0.15) is 0 Å². The molecule has 3 amide bonds. The number of amides is 3. The minimum absolute atomic E-state index is 0.267. The van der Waals surface area contributed by atoms with Crippen LogP contribution in [0, 0.1) is 0 Å². The molecule has 40 heavy (non-hydrogen) atoms. The van der Waals surface area contributed by atoms with Crippen LogP contribution >= 0.6 is 0 Å². The van der Waals surface area contributed by atoms with Crippen molar-refractivity contribution in [2.45, 2.75) is 58.9 Å². The number of nitrogens with zero attached hydrogens (tertiary/aromatic N) is 4. The van der Waals surface area contributed by atoms with Gasteiger partial charge in [-0.3, -0.25) is 14.6 Å². The lowest BCUT2D eigenvalue weighted by Crippen LogP contribution is -2.34. The molecular formula is C32H38N4O4. The van der Waals surface area contributed by atoms with E-state index in [0.29, 0.717) is 37.3 Å². The molecule has 0 radical (unpaired) electrons. The second-order valence-electron chi connectivity index (χ2n) is 9.99. The fourth-order valence-corrected chi connectivity index (χ4v) is 4.79. The molecule has 0 unspecified atom stereocenters.